The molecule has 0 unspecified atom stereocenters. The Hall–Kier alpha value is -1.14. The fourth-order valence-electron chi connectivity index (χ4n) is 0.895. The Kier molecular flexibility index (Phi) is 4.70. The third-order valence-electron chi connectivity index (χ3n) is 1.65. The van der Waals surface area contributed by atoms with E-state index < -0.39 is 10.0 Å². The Morgan fingerprint density at radius 3 is 2.50 bits per heavy atom. The van der Waals surface area contributed by atoms with Crippen LogP contribution in [0.2, 0.25) is 0 Å². The quantitative estimate of drug-likeness (QED) is 0.685. The summed E-state index contributed by atoms with van der Waals surface area (Å²) in [6.45, 7) is 1.81. The van der Waals surface area contributed by atoms with E-state index in [1.165, 1.54) is 18.3 Å². The number of hydrogen-bond donors (Lipinski definition) is 1. The Labute approximate surface area is 103 Å². The van der Waals surface area contributed by atoms with Gasteiger partial charge in [0.05, 0.1) is 4.90 Å². The van der Waals surface area contributed by atoms with Gasteiger partial charge in [-0.05, 0) is 37.3 Å². The molecule has 0 spiro atoms. The second-order valence-corrected chi connectivity index (χ2v) is 5.43. The number of hydrazone groups is 1. The zero-order chi connectivity index (χ0) is 12.0. The number of rotatable bonds is 4. The number of nitrogens with one attached hydrogen (secondary N) is 1. The van der Waals surface area contributed by atoms with E-state index in [0.717, 1.165) is 4.47 Å². The number of allylic oxidation sites excluding steroid dienone is 2. The van der Waals surface area contributed by atoms with Gasteiger partial charge in [0.15, 0.2) is 0 Å². The molecule has 6 heteroatoms. The zero-order valence-corrected chi connectivity index (χ0v) is 11.0. The zero-order valence-electron chi connectivity index (χ0n) is 8.59. The second kappa shape index (κ2) is 5.81. The number of nitrogens with zero attached hydrogens (tertiary/aromatic N) is 1. The summed E-state index contributed by atoms with van der Waals surface area (Å²) in [5, 5.41) is 3.57. The third-order valence-corrected chi connectivity index (χ3v) is 3.42. The van der Waals surface area contributed by atoms with Gasteiger partial charge in [-0.25, -0.2) is 4.83 Å². The average molecular weight is 303 g/mol. The van der Waals surface area contributed by atoms with Gasteiger partial charge >= 0.3 is 0 Å². The Bertz CT molecular complexity index is 492. The van der Waals surface area contributed by atoms with Crippen LogP contribution in [0.5, 0.6) is 0 Å². The smallest absolute Gasteiger partial charge is 0.200 e. The molecule has 0 aliphatic carbocycles. The van der Waals surface area contributed by atoms with Crippen molar-refractivity contribution in [3.05, 3.63) is 40.9 Å². The van der Waals surface area contributed by atoms with Gasteiger partial charge in [0.25, 0.3) is 10.0 Å². The van der Waals surface area contributed by atoms with Crippen LogP contribution in [-0.2, 0) is 10.0 Å². The molecule has 0 radical (unpaired) electrons. The van der Waals surface area contributed by atoms with Crippen LogP contribution in [0.4, 0.5) is 0 Å². The van der Waals surface area contributed by atoms with Gasteiger partial charge in [-0.1, -0.05) is 22.0 Å². The third kappa shape index (κ3) is 3.79. The van der Waals surface area contributed by atoms with E-state index in [1.807, 2.05) is 6.92 Å². The SMILES string of the molecule is CC=CC=NNS(=O)(=O)c1ccc(Br)cc1. The van der Waals surface area contributed by atoms with Gasteiger partial charge < -0.3 is 0 Å². The first-order valence-corrected chi connectivity index (χ1v) is 6.75. The van der Waals surface area contributed by atoms with E-state index in [4.69, 9.17) is 0 Å². The minimum absolute atomic E-state index is 0.174. The van der Waals surface area contributed by atoms with Crippen LogP contribution in [0.15, 0.2) is 50.9 Å². The summed E-state index contributed by atoms with van der Waals surface area (Å²) in [7, 11) is -3.56. The molecule has 0 aromatic heterocycles. The van der Waals surface area contributed by atoms with Gasteiger partial charge in [-0.2, -0.15) is 13.5 Å². The fourth-order valence-corrected chi connectivity index (χ4v) is 1.96. The summed E-state index contributed by atoms with van der Waals surface area (Å²) < 4.78 is 24.1. The summed E-state index contributed by atoms with van der Waals surface area (Å²) in [5.41, 5.74) is 0. The van der Waals surface area contributed by atoms with Gasteiger partial charge in [-0.3, -0.25) is 0 Å². The van der Waals surface area contributed by atoms with E-state index in [1.54, 1.807) is 24.3 Å². The van der Waals surface area contributed by atoms with Crippen LogP contribution in [0.1, 0.15) is 6.92 Å². The summed E-state index contributed by atoms with van der Waals surface area (Å²) in [5.74, 6) is 0. The number of halogens is 1. The monoisotopic (exact) mass is 302 g/mol. The lowest BCUT2D eigenvalue weighted by molar-refractivity contribution is 0.584. The summed E-state index contributed by atoms with van der Waals surface area (Å²) >= 11 is 3.23. The molecule has 16 heavy (non-hydrogen) atoms. The molecule has 0 amide bonds. The minimum Gasteiger partial charge on any atom is -0.200 e. The van der Waals surface area contributed by atoms with Gasteiger partial charge in [0.1, 0.15) is 0 Å². The molecule has 1 N–H and O–H groups in total. The number of sulfonamides is 1. The summed E-state index contributed by atoms with van der Waals surface area (Å²) in [4.78, 5) is 2.28. The van der Waals surface area contributed by atoms with Crippen LogP contribution >= 0.6 is 15.9 Å². The molecule has 1 rings (SSSR count). The highest BCUT2D eigenvalue weighted by Crippen LogP contribution is 2.14. The largest absolute Gasteiger partial charge is 0.276 e. The molecular formula is C10H11BrN2O2S. The highest BCUT2D eigenvalue weighted by molar-refractivity contribution is 9.10. The lowest BCUT2D eigenvalue weighted by atomic mass is 10.4. The van der Waals surface area contributed by atoms with Gasteiger partial charge in [0, 0.05) is 10.7 Å². The molecule has 86 valence electrons. The average Bonchev–Trinajstić information content (AvgIpc) is 2.25. The van der Waals surface area contributed by atoms with E-state index in [-0.39, 0.29) is 4.90 Å². The van der Waals surface area contributed by atoms with Crippen molar-refractivity contribution in [1.29, 1.82) is 0 Å². The maximum atomic E-state index is 11.6. The molecule has 1 aromatic carbocycles. The molecule has 4 nitrogen and oxygen atoms in total. The highest BCUT2D eigenvalue weighted by atomic mass is 79.9. The maximum absolute atomic E-state index is 11.6. The predicted molar refractivity (Wildman–Crippen MR) is 67.8 cm³/mol. The minimum atomic E-state index is -3.56. The fraction of sp³-hybridized carbons (Fsp3) is 0.100. The van der Waals surface area contributed by atoms with Crippen LogP contribution in [0.3, 0.4) is 0 Å². The molecular weight excluding hydrogens is 292 g/mol. The van der Waals surface area contributed by atoms with E-state index >= 15 is 0 Å². The Morgan fingerprint density at radius 2 is 1.94 bits per heavy atom. The first-order valence-electron chi connectivity index (χ1n) is 4.48. The van der Waals surface area contributed by atoms with Crippen LogP contribution in [-0.4, -0.2) is 14.6 Å². The molecule has 0 atom stereocenters. The first kappa shape index (κ1) is 12.9. The van der Waals surface area contributed by atoms with Crippen molar-refractivity contribution < 1.29 is 8.42 Å². The van der Waals surface area contributed by atoms with Crippen molar-refractivity contribution in [1.82, 2.24) is 4.83 Å². The van der Waals surface area contributed by atoms with Crippen LogP contribution in [0.25, 0.3) is 0 Å². The van der Waals surface area contributed by atoms with Crippen molar-refractivity contribution in [2.24, 2.45) is 5.10 Å². The molecule has 1 aromatic rings. The standard InChI is InChI=1S/C10H11BrN2O2S/c1-2-3-8-12-13-16(14,15)10-6-4-9(11)5-7-10/h2-8,13H,1H3. The molecule has 0 saturated heterocycles. The number of hydrogen-bond acceptors (Lipinski definition) is 3. The normalized spacial score (nSPS) is 12.4. The van der Waals surface area contributed by atoms with Crippen molar-refractivity contribution in [3.8, 4) is 0 Å². The highest BCUT2D eigenvalue weighted by Gasteiger charge is 2.11. The molecule has 0 heterocycles. The number of benzene rings is 1. The topological polar surface area (TPSA) is 58.5 Å². The summed E-state index contributed by atoms with van der Waals surface area (Å²) in [6, 6.07) is 6.31. The van der Waals surface area contributed by atoms with Crippen LogP contribution < -0.4 is 4.83 Å². The molecule has 0 aliphatic rings. The van der Waals surface area contributed by atoms with Crippen LogP contribution in [0, 0.1) is 0 Å². The van der Waals surface area contributed by atoms with E-state index in [9.17, 15) is 8.42 Å². The van der Waals surface area contributed by atoms with Gasteiger partial charge in [0.2, 0.25) is 0 Å². The first-order chi connectivity index (χ1) is 7.56. The van der Waals surface area contributed by atoms with E-state index in [2.05, 4.69) is 25.9 Å². The molecule has 0 saturated carbocycles. The molecule has 0 aliphatic heterocycles. The lowest BCUT2D eigenvalue weighted by Crippen LogP contribution is -2.17. The molecule has 0 bridgehead atoms. The molecule has 0 fully saturated rings. The Morgan fingerprint density at radius 1 is 1.31 bits per heavy atom. The second-order valence-electron chi connectivity index (χ2n) is 2.85. The lowest BCUT2D eigenvalue weighted by Gasteiger charge is -2.02. The van der Waals surface area contributed by atoms with Crippen molar-refractivity contribution in [2.45, 2.75) is 11.8 Å². The van der Waals surface area contributed by atoms with Gasteiger partial charge in [-0.15, -0.1) is 0 Å². The van der Waals surface area contributed by atoms with Crippen molar-refractivity contribution in [2.75, 3.05) is 0 Å². The van der Waals surface area contributed by atoms with E-state index in [0.29, 0.717) is 0 Å². The van der Waals surface area contributed by atoms with Crippen molar-refractivity contribution >= 4 is 32.2 Å². The Balaban J connectivity index is 2.82. The predicted octanol–water partition coefficient (Wildman–Crippen LogP) is 2.29. The summed E-state index contributed by atoms with van der Waals surface area (Å²) in [6.07, 6.45) is 4.75. The maximum Gasteiger partial charge on any atom is 0.276 e. The van der Waals surface area contributed by atoms with Crippen molar-refractivity contribution in [3.63, 3.8) is 0 Å².